The number of amides is 16. The molecule has 1 aliphatic heterocycles. The van der Waals surface area contributed by atoms with Gasteiger partial charge in [0.05, 0.1) is 18.4 Å². The highest BCUT2D eigenvalue weighted by Crippen LogP contribution is 2.23. The Bertz CT molecular complexity index is 4370. The first-order valence-corrected chi connectivity index (χ1v) is 41.2. The van der Waals surface area contributed by atoms with Crippen LogP contribution in [0.3, 0.4) is 0 Å². The van der Waals surface area contributed by atoms with E-state index in [0.717, 1.165) is 0 Å². The molecule has 0 radical (unpaired) electrons. The monoisotopic (exact) mass is 1690 g/mol. The van der Waals surface area contributed by atoms with Crippen molar-refractivity contribution in [2.24, 2.45) is 29.0 Å². The highest BCUT2D eigenvalue weighted by Gasteiger charge is 2.42. The summed E-state index contributed by atoms with van der Waals surface area (Å²) in [5, 5.41) is 54.6. The molecular formula is C85H119N19O18. The molecule has 37 heteroatoms. The highest BCUT2D eigenvalue weighted by molar-refractivity contribution is 6.01. The second-order valence-electron chi connectivity index (χ2n) is 30.8. The minimum atomic E-state index is -1.64. The third-order valence-corrected chi connectivity index (χ3v) is 20.9. The van der Waals surface area contributed by atoms with E-state index in [0.29, 0.717) is 53.6 Å². The van der Waals surface area contributed by atoms with Crippen LogP contribution in [0.1, 0.15) is 154 Å². The summed E-state index contributed by atoms with van der Waals surface area (Å²) in [4.78, 5) is 232. The van der Waals surface area contributed by atoms with Crippen molar-refractivity contribution in [3.63, 3.8) is 0 Å². The Hall–Kier alpha value is -12.8. The first-order valence-electron chi connectivity index (χ1n) is 41.2. The van der Waals surface area contributed by atoms with Crippen LogP contribution >= 0.6 is 0 Å². The minimum absolute atomic E-state index is 0.00277. The zero-order chi connectivity index (χ0) is 89.9. The van der Waals surface area contributed by atoms with E-state index in [1.807, 2.05) is 0 Å². The van der Waals surface area contributed by atoms with Gasteiger partial charge in [-0.05, 0) is 123 Å². The van der Waals surface area contributed by atoms with E-state index >= 15 is 4.79 Å². The molecule has 22 N–H and O–H groups in total. The summed E-state index contributed by atoms with van der Waals surface area (Å²) < 4.78 is 0. The first-order chi connectivity index (χ1) is 58.1. The lowest BCUT2D eigenvalue weighted by Gasteiger charge is -2.31. The summed E-state index contributed by atoms with van der Waals surface area (Å²) in [7, 11) is 0. The molecule has 4 aromatic carbocycles. The fourth-order valence-corrected chi connectivity index (χ4v) is 13.7. The van der Waals surface area contributed by atoms with Gasteiger partial charge in [0.25, 0.3) is 0 Å². The second kappa shape index (κ2) is 49.0. The van der Waals surface area contributed by atoms with E-state index in [2.05, 4.69) is 79.1 Å². The maximum Gasteiger partial charge on any atom is 0.246 e. The number of likely N-dealkylation sites (tertiary alicyclic amines) is 1. The number of benzene rings is 4. The number of phenols is 2. The average Bonchev–Trinajstić information content (AvgIpc) is 1.56. The maximum absolute atomic E-state index is 15.1. The number of hydrogen-bond donors (Lipinski definition) is 19. The lowest BCUT2D eigenvalue weighted by molar-refractivity contribution is -0.142. The molecule has 0 spiro atoms. The number of rotatable bonds is 49. The summed E-state index contributed by atoms with van der Waals surface area (Å²) in [6.45, 7) is 14.3. The van der Waals surface area contributed by atoms with Gasteiger partial charge in [-0.1, -0.05) is 140 Å². The van der Waals surface area contributed by atoms with Gasteiger partial charge in [0, 0.05) is 51.8 Å². The molecule has 1 saturated heterocycles. The molecular weight excluding hydrogens is 1580 g/mol. The molecule has 37 nitrogen and oxygen atoms in total. The number of unbranched alkanes of at least 4 members (excludes halogenated alkanes) is 1. The number of carbonyl (C=O) groups excluding carboxylic acids is 16. The van der Waals surface area contributed by atoms with Crippen LogP contribution in [0.4, 0.5) is 0 Å². The topological polar surface area (TPSA) is 580 Å². The van der Waals surface area contributed by atoms with Gasteiger partial charge in [0.2, 0.25) is 94.5 Å². The number of aromatic amines is 1. The Balaban J connectivity index is 1.15. The molecule has 5 aromatic rings. The SMILES string of the molecule is CCC(NC(C)=O)C(=O)N[C@@H](CC(N)=O)C(=O)N[C@@H](Cc1ccc(O)cc1)C(=O)N[C@H](C(=O)N[C@@H](Cc1ccccc1)C(=O)N1CCC[C@H]1C(=O)N[C@@H](C)C(=O)N[C@@H](Cc1c[nH]cn1)C(=O)N[C@@H](CCCCN)C(=O)NC(CC)C(=O)N[C@H](C(=O)NC(CC)C(=O)N[C@@H](Cc1ccc(O)cc1)C(=O)N[C@@H](Cc1ccccc1)C(N)=O)[C@@H](C)CC)C(C)C. The second-order valence-corrected chi connectivity index (χ2v) is 30.8. The fourth-order valence-electron chi connectivity index (χ4n) is 13.7. The number of imidazole rings is 1. The molecule has 662 valence electrons. The van der Waals surface area contributed by atoms with Crippen LogP contribution in [0.15, 0.2) is 122 Å². The number of carbonyl (C=O) groups is 16. The van der Waals surface area contributed by atoms with Crippen LogP contribution < -0.4 is 86.3 Å². The number of aromatic nitrogens is 2. The zero-order valence-electron chi connectivity index (χ0n) is 70.4. The van der Waals surface area contributed by atoms with Gasteiger partial charge in [0.15, 0.2) is 0 Å². The largest absolute Gasteiger partial charge is 0.508 e. The van der Waals surface area contributed by atoms with E-state index < -0.39 is 197 Å². The lowest BCUT2D eigenvalue weighted by atomic mass is 9.97. The van der Waals surface area contributed by atoms with Crippen molar-refractivity contribution in [1.82, 2.24) is 84.0 Å². The molecule has 0 aliphatic carbocycles. The summed E-state index contributed by atoms with van der Waals surface area (Å²) in [6.07, 6.45) is 2.91. The molecule has 0 bridgehead atoms. The minimum Gasteiger partial charge on any atom is -0.508 e. The van der Waals surface area contributed by atoms with Crippen molar-refractivity contribution < 1.29 is 86.9 Å². The quantitative estimate of drug-likeness (QED) is 0.0210. The average molecular weight is 1700 g/mol. The van der Waals surface area contributed by atoms with Crippen molar-refractivity contribution >= 4 is 94.5 Å². The van der Waals surface area contributed by atoms with Crippen LogP contribution in [-0.4, -0.2) is 217 Å². The van der Waals surface area contributed by atoms with Crippen molar-refractivity contribution in [2.45, 2.75) is 243 Å². The maximum atomic E-state index is 15.1. The molecule has 6 rings (SSSR count). The Morgan fingerprint density at radius 3 is 1.33 bits per heavy atom. The third-order valence-electron chi connectivity index (χ3n) is 20.9. The molecule has 1 fully saturated rings. The van der Waals surface area contributed by atoms with Crippen molar-refractivity contribution in [2.75, 3.05) is 13.1 Å². The van der Waals surface area contributed by atoms with Gasteiger partial charge < -0.3 is 106 Å². The molecule has 1 aliphatic rings. The van der Waals surface area contributed by atoms with E-state index in [9.17, 15) is 82.1 Å². The molecule has 16 amide bonds. The van der Waals surface area contributed by atoms with Crippen LogP contribution in [0.5, 0.6) is 11.5 Å². The smallest absolute Gasteiger partial charge is 0.246 e. The van der Waals surface area contributed by atoms with E-state index in [1.54, 1.807) is 121 Å². The predicted octanol–water partition coefficient (Wildman–Crippen LogP) is -0.911. The Morgan fingerprint density at radius 1 is 0.443 bits per heavy atom. The van der Waals surface area contributed by atoms with Gasteiger partial charge in [-0.15, -0.1) is 0 Å². The Labute approximate surface area is 708 Å². The van der Waals surface area contributed by atoms with Gasteiger partial charge in [0.1, 0.15) is 96.1 Å². The standard InChI is InChI=1S/C85H119N19O18/c1-10-48(7)71(84(121)94-59(12-3)75(112)98-63(40-53-29-33-56(106)34-30-53)78(115)96-62(72(88)109)39-51-23-16-14-17-24-51)103-76(113)60(13-4)93-77(114)61(27-20-21-37-86)95-79(116)65(43-55-45-89-46-90-55)97-73(110)49(8)91-82(119)68-28-22-38-104(68)85(122)67(42-52-25-18-15-19-26-52)101-83(120)70(47(5)6)102-81(118)64(41-54-31-35-57(107)36-32-54)99-80(117)66(44-69(87)108)100-74(111)58(11-2)92-50(9)105/h14-19,23-26,29-36,45-49,58-68,70-71,106-107H,10-13,20-22,27-28,37-44,86H2,1-9H3,(H2,87,108)(H2,88,109)(H,89,90)(H,91,119)(H,92,105)(H,93,114)(H,94,121)(H,95,116)(H,96,115)(H,97,110)(H,98,112)(H,99,117)(H,100,111)(H,101,120)(H,102,118)(H,103,113)/t48-,49-,58?,59?,60?,61-,62-,63-,64-,65-,66-,67-,68-,70-,71-/m0/s1. The van der Waals surface area contributed by atoms with E-state index in [1.165, 1.54) is 67.7 Å². The molecule has 15 atom stereocenters. The van der Waals surface area contributed by atoms with E-state index in [4.69, 9.17) is 17.2 Å². The van der Waals surface area contributed by atoms with E-state index in [-0.39, 0.29) is 88.8 Å². The molecule has 122 heavy (non-hydrogen) atoms. The number of nitrogens with two attached hydrogens (primary N) is 3. The van der Waals surface area contributed by atoms with Crippen LogP contribution in [0.2, 0.25) is 0 Å². The highest BCUT2D eigenvalue weighted by atomic mass is 16.3. The van der Waals surface area contributed by atoms with Crippen molar-refractivity contribution in [3.8, 4) is 11.5 Å². The van der Waals surface area contributed by atoms with Crippen molar-refractivity contribution in [1.29, 1.82) is 0 Å². The molecule has 0 saturated carbocycles. The third kappa shape index (κ3) is 31.1. The van der Waals surface area contributed by atoms with Gasteiger partial charge in [-0.25, -0.2) is 4.98 Å². The van der Waals surface area contributed by atoms with Gasteiger partial charge >= 0.3 is 0 Å². The van der Waals surface area contributed by atoms with Gasteiger partial charge in [-0.3, -0.25) is 76.7 Å². The first kappa shape index (κ1) is 98.0. The summed E-state index contributed by atoms with van der Waals surface area (Å²) >= 11 is 0. The normalized spacial score (nSPS) is 15.8. The number of nitrogens with one attached hydrogen (secondary N) is 14. The summed E-state index contributed by atoms with van der Waals surface area (Å²) in [6, 6.07) is 9.99. The zero-order valence-corrected chi connectivity index (χ0v) is 70.4. The molecule has 3 unspecified atom stereocenters. The number of nitrogens with zero attached hydrogens (tertiary/aromatic N) is 2. The summed E-state index contributed by atoms with van der Waals surface area (Å²) in [5.74, 6) is -14.6. The number of aromatic hydroxyl groups is 2. The Kier molecular flexibility index (Phi) is 39.4. The number of hydrogen-bond acceptors (Lipinski definition) is 20. The number of phenolic OH excluding ortho intramolecular Hbond substituents is 2. The Morgan fingerprint density at radius 2 is 0.844 bits per heavy atom. The number of primary amides is 2. The lowest BCUT2D eigenvalue weighted by Crippen LogP contribution is -2.61. The number of H-pyrrole nitrogens is 1. The van der Waals surface area contributed by atoms with Crippen molar-refractivity contribution in [3.05, 3.63) is 150 Å². The molecule has 2 heterocycles. The van der Waals surface area contributed by atoms with Crippen LogP contribution in [0.25, 0.3) is 0 Å². The van der Waals surface area contributed by atoms with Crippen LogP contribution in [0, 0.1) is 11.8 Å². The fraction of sp³-hybridized carbons (Fsp3) is 0.494. The van der Waals surface area contributed by atoms with Gasteiger partial charge in [-0.2, -0.15) is 0 Å². The summed E-state index contributed by atoms with van der Waals surface area (Å²) in [5.41, 5.74) is 19.6. The predicted molar refractivity (Wildman–Crippen MR) is 448 cm³/mol. The van der Waals surface area contributed by atoms with Crippen LogP contribution in [-0.2, 0) is 109 Å². The molecule has 1 aromatic heterocycles.